The first kappa shape index (κ1) is 16.0. The summed E-state index contributed by atoms with van der Waals surface area (Å²) in [5.74, 6) is -0.595. The second-order valence-corrected chi connectivity index (χ2v) is 7.30. The van der Waals surface area contributed by atoms with Gasteiger partial charge in [-0.3, -0.25) is 14.5 Å². The molecule has 7 heteroatoms. The fraction of sp³-hybridized carbons (Fsp3) is 0.562. The number of rotatable bonds is 4. The van der Waals surface area contributed by atoms with Crippen molar-refractivity contribution in [1.29, 1.82) is 5.26 Å². The van der Waals surface area contributed by atoms with E-state index in [1.54, 1.807) is 0 Å². The van der Waals surface area contributed by atoms with Crippen molar-refractivity contribution < 1.29 is 9.59 Å². The molecule has 1 aromatic heterocycles. The number of nitrogens with one attached hydrogen (secondary N) is 1. The maximum absolute atomic E-state index is 12.3. The molecule has 1 aliphatic heterocycles. The van der Waals surface area contributed by atoms with Crippen LogP contribution >= 0.6 is 11.3 Å². The van der Waals surface area contributed by atoms with E-state index in [1.165, 1.54) is 16.2 Å². The number of thiophene rings is 1. The third-order valence-corrected chi connectivity index (χ3v) is 5.79. The van der Waals surface area contributed by atoms with Crippen LogP contribution in [0.2, 0.25) is 0 Å². The molecular weight excluding hydrogens is 312 g/mol. The maximum Gasteiger partial charge on any atom is 0.239 e. The summed E-state index contributed by atoms with van der Waals surface area (Å²) in [6.45, 7) is 1.47. The summed E-state index contributed by atoms with van der Waals surface area (Å²) in [5, 5.41) is 13.0. The molecule has 0 unspecified atom stereocenters. The van der Waals surface area contributed by atoms with Crippen LogP contribution in [0.25, 0.3) is 0 Å². The molecule has 1 aliphatic carbocycles. The van der Waals surface area contributed by atoms with Crippen molar-refractivity contribution in [3.05, 3.63) is 16.0 Å². The second-order valence-electron chi connectivity index (χ2n) is 6.20. The molecule has 2 aliphatic rings. The van der Waals surface area contributed by atoms with Crippen molar-refractivity contribution >= 4 is 28.2 Å². The highest BCUT2D eigenvalue weighted by Crippen LogP contribution is 2.37. The molecule has 0 bridgehead atoms. The van der Waals surface area contributed by atoms with Gasteiger partial charge in [-0.15, -0.1) is 11.3 Å². The van der Waals surface area contributed by atoms with Crippen molar-refractivity contribution in [3.63, 3.8) is 0 Å². The van der Waals surface area contributed by atoms with Crippen molar-refractivity contribution in [2.24, 2.45) is 11.7 Å². The molecule has 1 atom stereocenters. The number of carbonyl (C=O) groups excluding carboxylic acids is 2. The Hall–Kier alpha value is -1.91. The number of amides is 2. The number of hydrogen-bond acceptors (Lipinski definition) is 5. The largest absolute Gasteiger partial charge is 0.369 e. The lowest BCUT2D eigenvalue weighted by molar-refractivity contribution is -0.122. The predicted octanol–water partition coefficient (Wildman–Crippen LogP) is 1.24. The first-order chi connectivity index (χ1) is 11.1. The van der Waals surface area contributed by atoms with Crippen LogP contribution in [0.15, 0.2) is 0 Å². The van der Waals surface area contributed by atoms with Crippen LogP contribution in [0.3, 0.4) is 0 Å². The number of nitrogens with two attached hydrogens (primary N) is 1. The van der Waals surface area contributed by atoms with Gasteiger partial charge < -0.3 is 11.1 Å². The molecule has 1 saturated heterocycles. The van der Waals surface area contributed by atoms with Gasteiger partial charge >= 0.3 is 0 Å². The van der Waals surface area contributed by atoms with Crippen molar-refractivity contribution in [2.75, 3.05) is 25.0 Å². The van der Waals surface area contributed by atoms with E-state index in [4.69, 9.17) is 5.73 Å². The third kappa shape index (κ3) is 3.38. The number of carbonyl (C=O) groups is 2. The van der Waals surface area contributed by atoms with Gasteiger partial charge in [0.1, 0.15) is 11.1 Å². The summed E-state index contributed by atoms with van der Waals surface area (Å²) in [4.78, 5) is 26.6. The first-order valence-electron chi connectivity index (χ1n) is 7.94. The molecule has 1 aromatic rings. The Morgan fingerprint density at radius 2 is 2.17 bits per heavy atom. The summed E-state index contributed by atoms with van der Waals surface area (Å²) in [6, 6.07) is 2.25. The van der Waals surface area contributed by atoms with E-state index in [0.717, 1.165) is 31.2 Å². The van der Waals surface area contributed by atoms with Gasteiger partial charge in [-0.25, -0.2) is 0 Å². The Labute approximate surface area is 139 Å². The first-order valence-corrected chi connectivity index (χ1v) is 8.76. The number of nitriles is 1. The van der Waals surface area contributed by atoms with Gasteiger partial charge in [0.05, 0.1) is 18.0 Å². The van der Waals surface area contributed by atoms with E-state index >= 15 is 0 Å². The monoisotopic (exact) mass is 332 g/mol. The van der Waals surface area contributed by atoms with Gasteiger partial charge in [-0.2, -0.15) is 5.26 Å². The Balaban J connectivity index is 1.64. The van der Waals surface area contributed by atoms with E-state index in [1.807, 2.05) is 4.90 Å². The highest BCUT2D eigenvalue weighted by atomic mass is 32.1. The standard InChI is InChI=1S/C16H20N4O2S/c17-7-12-11-3-1-2-4-13(11)23-16(12)19-14(21)9-20-6-5-10(8-20)15(18)22/h10H,1-6,8-9H2,(H2,18,22)(H,19,21)/t10-/m0/s1. The minimum absolute atomic E-state index is 0.134. The van der Waals surface area contributed by atoms with Gasteiger partial charge in [0.15, 0.2) is 0 Å². The smallest absolute Gasteiger partial charge is 0.239 e. The molecule has 0 radical (unpaired) electrons. The van der Waals surface area contributed by atoms with Crippen LogP contribution in [-0.2, 0) is 22.4 Å². The molecule has 122 valence electrons. The van der Waals surface area contributed by atoms with E-state index in [0.29, 0.717) is 30.1 Å². The number of primary amides is 1. The van der Waals surface area contributed by atoms with Crippen molar-refractivity contribution in [2.45, 2.75) is 32.1 Å². The van der Waals surface area contributed by atoms with Gasteiger partial charge in [0.2, 0.25) is 11.8 Å². The molecule has 3 N–H and O–H groups in total. The molecule has 0 spiro atoms. The summed E-state index contributed by atoms with van der Waals surface area (Å²) >= 11 is 1.53. The summed E-state index contributed by atoms with van der Waals surface area (Å²) in [5.41, 5.74) is 7.06. The number of aryl methyl sites for hydroxylation is 1. The predicted molar refractivity (Wildman–Crippen MR) is 88.0 cm³/mol. The molecule has 0 saturated carbocycles. The fourth-order valence-corrected chi connectivity index (χ4v) is 4.61. The normalized spacial score (nSPS) is 20.7. The molecular formula is C16H20N4O2S. The highest BCUT2D eigenvalue weighted by molar-refractivity contribution is 7.16. The van der Waals surface area contributed by atoms with Crippen LogP contribution < -0.4 is 11.1 Å². The lowest BCUT2D eigenvalue weighted by atomic mass is 9.96. The molecule has 1 fully saturated rings. The Bertz CT molecular complexity index is 676. The number of hydrogen-bond donors (Lipinski definition) is 2. The van der Waals surface area contributed by atoms with Gasteiger partial charge in [-0.05, 0) is 44.2 Å². The maximum atomic E-state index is 12.3. The van der Waals surface area contributed by atoms with Crippen LogP contribution in [-0.4, -0.2) is 36.3 Å². The molecule has 2 heterocycles. The number of nitrogens with zero attached hydrogens (tertiary/aromatic N) is 2. The van der Waals surface area contributed by atoms with Gasteiger partial charge in [0.25, 0.3) is 0 Å². The summed E-state index contributed by atoms with van der Waals surface area (Å²) in [6.07, 6.45) is 4.88. The number of likely N-dealkylation sites (tertiary alicyclic amines) is 1. The van der Waals surface area contributed by atoms with Gasteiger partial charge in [-0.1, -0.05) is 0 Å². The molecule has 23 heavy (non-hydrogen) atoms. The van der Waals surface area contributed by atoms with E-state index in [9.17, 15) is 14.9 Å². The zero-order valence-electron chi connectivity index (χ0n) is 12.9. The third-order valence-electron chi connectivity index (χ3n) is 4.58. The highest BCUT2D eigenvalue weighted by Gasteiger charge is 2.28. The van der Waals surface area contributed by atoms with E-state index < -0.39 is 0 Å². The Morgan fingerprint density at radius 3 is 2.87 bits per heavy atom. The molecule has 0 aromatic carbocycles. The minimum atomic E-state index is -0.300. The van der Waals surface area contributed by atoms with Crippen molar-refractivity contribution in [1.82, 2.24) is 4.90 Å². The van der Waals surface area contributed by atoms with Crippen LogP contribution in [0.1, 0.15) is 35.3 Å². The minimum Gasteiger partial charge on any atom is -0.369 e. The van der Waals surface area contributed by atoms with Gasteiger partial charge in [0, 0.05) is 11.4 Å². The zero-order valence-corrected chi connectivity index (χ0v) is 13.7. The average molecular weight is 332 g/mol. The quantitative estimate of drug-likeness (QED) is 0.866. The number of fused-ring (bicyclic) bond motifs is 1. The fourth-order valence-electron chi connectivity index (χ4n) is 3.35. The lowest BCUT2D eigenvalue weighted by Crippen LogP contribution is -2.33. The molecule has 6 nitrogen and oxygen atoms in total. The van der Waals surface area contributed by atoms with Crippen LogP contribution in [0, 0.1) is 17.2 Å². The van der Waals surface area contributed by atoms with Crippen LogP contribution in [0.5, 0.6) is 0 Å². The Morgan fingerprint density at radius 1 is 1.39 bits per heavy atom. The average Bonchev–Trinajstić information content (AvgIpc) is 3.11. The molecule has 3 rings (SSSR count). The summed E-state index contributed by atoms with van der Waals surface area (Å²) < 4.78 is 0. The SMILES string of the molecule is N#Cc1c(NC(=O)CN2CC[C@H](C(N)=O)C2)sc2c1CCCC2. The van der Waals surface area contributed by atoms with Crippen molar-refractivity contribution in [3.8, 4) is 6.07 Å². The van der Waals surface area contributed by atoms with Crippen LogP contribution in [0.4, 0.5) is 5.00 Å². The topological polar surface area (TPSA) is 99.2 Å². The lowest BCUT2D eigenvalue weighted by Gasteiger charge is -2.14. The zero-order chi connectivity index (χ0) is 16.4. The summed E-state index contributed by atoms with van der Waals surface area (Å²) in [7, 11) is 0. The molecule has 2 amide bonds. The van der Waals surface area contributed by atoms with E-state index in [2.05, 4.69) is 11.4 Å². The number of anilines is 1. The second kappa shape index (κ2) is 6.69. The Kier molecular flexibility index (Phi) is 4.64. The van der Waals surface area contributed by atoms with E-state index in [-0.39, 0.29) is 24.3 Å².